The molecule has 4 aromatic rings. The van der Waals surface area contributed by atoms with Gasteiger partial charge in [0, 0.05) is 34.0 Å². The lowest BCUT2D eigenvalue weighted by Gasteiger charge is -2.27. The van der Waals surface area contributed by atoms with Crippen LogP contribution < -0.4 is 20.7 Å². The van der Waals surface area contributed by atoms with Crippen LogP contribution in [0.4, 0.5) is 0 Å². The molecular weight excluding hydrogens is 736 g/mol. The van der Waals surface area contributed by atoms with Crippen LogP contribution in [0.2, 0.25) is 5.02 Å². The fourth-order valence-electron chi connectivity index (χ4n) is 6.71. The summed E-state index contributed by atoms with van der Waals surface area (Å²) in [6.07, 6.45) is 0.339. The van der Waals surface area contributed by atoms with Crippen molar-refractivity contribution in [2.24, 2.45) is 4.99 Å². The lowest BCUT2D eigenvalue weighted by atomic mass is 9.99. The Bertz CT molecular complexity index is 2260. The third-order valence-electron chi connectivity index (χ3n) is 9.51. The molecule has 1 saturated heterocycles. The molecule has 0 radical (unpaired) electrons. The Balaban J connectivity index is 0.938. The van der Waals surface area contributed by atoms with E-state index in [1.165, 1.54) is 6.07 Å². The zero-order chi connectivity index (χ0) is 38.3. The van der Waals surface area contributed by atoms with E-state index in [-0.39, 0.29) is 55.8 Å². The van der Waals surface area contributed by atoms with Gasteiger partial charge in [-0.1, -0.05) is 29.8 Å². The standard InChI is InChI=1S/C37H35ClN8O7S/c1-18-19(2)54-37-30(18)32(21-8-10-22(38)11-9-21)41-24(33-44-43-20(3)45(33)37)16-28(48)40-17-29(49)39-14-5-15-53-26-7-4-6-23-31(26)36(52)46(35(23)51)25-12-13-27(47)42-34(25)50/h4,6-11,24-25H,5,12-17H2,1-3H3,(H,39,49)(H,40,48)(H,42,47,50). The van der Waals surface area contributed by atoms with Crippen molar-refractivity contribution in [3.63, 3.8) is 0 Å². The largest absolute Gasteiger partial charge is 0.493 e. The van der Waals surface area contributed by atoms with Gasteiger partial charge in [0.05, 0.1) is 36.4 Å². The number of aryl methyl sites for hydroxylation is 2. The van der Waals surface area contributed by atoms with Crippen LogP contribution in [0.1, 0.15) is 85.7 Å². The van der Waals surface area contributed by atoms with Crippen LogP contribution in [-0.4, -0.2) is 86.6 Å². The van der Waals surface area contributed by atoms with Crippen LogP contribution in [0.15, 0.2) is 47.5 Å². The van der Waals surface area contributed by atoms with E-state index in [1.807, 2.05) is 30.5 Å². The molecule has 54 heavy (non-hydrogen) atoms. The molecule has 2 aromatic carbocycles. The number of aromatic nitrogens is 3. The Morgan fingerprint density at radius 3 is 2.52 bits per heavy atom. The summed E-state index contributed by atoms with van der Waals surface area (Å²) >= 11 is 7.80. The number of carbonyl (C=O) groups excluding carboxylic acids is 6. The number of halogens is 1. The summed E-state index contributed by atoms with van der Waals surface area (Å²) in [4.78, 5) is 83.3. The normalized spacial score (nSPS) is 17.6. The van der Waals surface area contributed by atoms with Gasteiger partial charge < -0.3 is 15.4 Å². The van der Waals surface area contributed by atoms with Crippen LogP contribution in [0.25, 0.3) is 5.00 Å². The molecule has 17 heteroatoms. The van der Waals surface area contributed by atoms with Gasteiger partial charge in [0.2, 0.25) is 23.6 Å². The minimum Gasteiger partial charge on any atom is -0.493 e. The van der Waals surface area contributed by atoms with Crippen molar-refractivity contribution in [2.75, 3.05) is 19.7 Å². The molecule has 2 atom stereocenters. The van der Waals surface area contributed by atoms with Crippen LogP contribution in [-0.2, 0) is 19.2 Å². The van der Waals surface area contributed by atoms with Crippen LogP contribution >= 0.6 is 22.9 Å². The molecule has 3 aliphatic rings. The maximum atomic E-state index is 13.3. The number of rotatable bonds is 11. The average molecular weight is 771 g/mol. The second-order valence-electron chi connectivity index (χ2n) is 13.1. The van der Waals surface area contributed by atoms with Crippen molar-refractivity contribution in [1.82, 2.24) is 35.6 Å². The van der Waals surface area contributed by atoms with E-state index >= 15 is 0 Å². The lowest BCUT2D eigenvalue weighted by Crippen LogP contribution is -2.54. The summed E-state index contributed by atoms with van der Waals surface area (Å²) in [5, 5.41) is 17.8. The molecule has 1 fully saturated rings. The van der Waals surface area contributed by atoms with E-state index in [0.717, 1.165) is 31.5 Å². The lowest BCUT2D eigenvalue weighted by molar-refractivity contribution is -0.136. The summed E-state index contributed by atoms with van der Waals surface area (Å²) in [6.45, 7) is 5.99. The van der Waals surface area contributed by atoms with Gasteiger partial charge in [0.15, 0.2) is 5.82 Å². The number of nitrogens with one attached hydrogen (secondary N) is 3. The van der Waals surface area contributed by atoms with Gasteiger partial charge in [-0.05, 0) is 63.4 Å². The van der Waals surface area contributed by atoms with E-state index in [4.69, 9.17) is 21.3 Å². The van der Waals surface area contributed by atoms with Crippen molar-refractivity contribution >= 4 is 64.1 Å². The van der Waals surface area contributed by atoms with Gasteiger partial charge in [0.1, 0.15) is 28.7 Å². The first-order chi connectivity index (χ1) is 25.9. The molecule has 3 aliphatic heterocycles. The average Bonchev–Trinajstić information content (AvgIpc) is 3.72. The van der Waals surface area contributed by atoms with Crippen LogP contribution in [0, 0.1) is 20.8 Å². The van der Waals surface area contributed by atoms with Crippen molar-refractivity contribution in [2.45, 2.75) is 58.5 Å². The second kappa shape index (κ2) is 14.9. The number of piperidine rings is 1. The number of nitrogens with zero attached hydrogens (tertiary/aromatic N) is 5. The number of carbonyl (C=O) groups is 6. The Hall–Kier alpha value is -5.74. The Labute approximate surface area is 318 Å². The van der Waals surface area contributed by atoms with Gasteiger partial charge in [0.25, 0.3) is 11.8 Å². The quantitative estimate of drug-likeness (QED) is 0.152. The molecule has 0 spiro atoms. The predicted octanol–water partition coefficient (Wildman–Crippen LogP) is 3.29. The minimum atomic E-state index is -1.09. The molecule has 278 valence electrons. The van der Waals surface area contributed by atoms with Crippen molar-refractivity contribution in [1.29, 1.82) is 0 Å². The van der Waals surface area contributed by atoms with Crippen LogP contribution in [0.3, 0.4) is 0 Å². The fraction of sp³-hybridized carbons (Fsp3) is 0.324. The third kappa shape index (κ3) is 6.89. The summed E-state index contributed by atoms with van der Waals surface area (Å²) in [7, 11) is 0. The molecule has 2 aromatic heterocycles. The summed E-state index contributed by atoms with van der Waals surface area (Å²) in [6, 6.07) is 10.2. The highest BCUT2D eigenvalue weighted by molar-refractivity contribution is 7.15. The molecule has 3 N–H and O–H groups in total. The molecule has 15 nitrogen and oxygen atoms in total. The maximum Gasteiger partial charge on any atom is 0.266 e. The highest BCUT2D eigenvalue weighted by Gasteiger charge is 2.46. The molecule has 2 unspecified atom stereocenters. The van der Waals surface area contributed by atoms with Gasteiger partial charge in [-0.15, -0.1) is 21.5 Å². The first kappa shape index (κ1) is 36.6. The van der Waals surface area contributed by atoms with E-state index in [9.17, 15) is 28.8 Å². The van der Waals surface area contributed by atoms with Crippen molar-refractivity contribution < 1.29 is 33.5 Å². The number of benzene rings is 2. The molecule has 0 aliphatic carbocycles. The predicted molar refractivity (Wildman–Crippen MR) is 197 cm³/mol. The highest BCUT2D eigenvalue weighted by Crippen LogP contribution is 2.40. The van der Waals surface area contributed by atoms with Gasteiger partial charge in [-0.2, -0.15) is 0 Å². The monoisotopic (exact) mass is 770 g/mol. The summed E-state index contributed by atoms with van der Waals surface area (Å²) in [5.74, 6) is -1.90. The SMILES string of the molecule is Cc1sc2c(c1C)C(c1ccc(Cl)cc1)=NC(CC(=O)NCC(=O)NCCCOc1cccc3c1C(=O)N(C1CCC(=O)NC1=O)C3=O)c1nnc(C)n1-2. The van der Waals surface area contributed by atoms with E-state index < -0.39 is 47.5 Å². The highest BCUT2D eigenvalue weighted by atomic mass is 35.5. The number of imide groups is 2. The number of hydrogen-bond donors (Lipinski definition) is 3. The fourth-order valence-corrected chi connectivity index (χ4v) is 8.05. The number of ether oxygens (including phenoxy) is 1. The molecule has 7 rings (SSSR count). The number of fused-ring (bicyclic) bond motifs is 4. The molecule has 6 amide bonds. The Morgan fingerprint density at radius 2 is 1.76 bits per heavy atom. The van der Waals surface area contributed by atoms with Gasteiger partial charge in [-0.3, -0.25) is 48.5 Å². The van der Waals surface area contributed by atoms with Crippen LogP contribution in [0.5, 0.6) is 5.75 Å². The summed E-state index contributed by atoms with van der Waals surface area (Å²) < 4.78 is 7.77. The smallest absolute Gasteiger partial charge is 0.266 e. The summed E-state index contributed by atoms with van der Waals surface area (Å²) in [5.41, 5.74) is 3.74. The molecule has 0 saturated carbocycles. The molecule has 5 heterocycles. The number of thiophene rings is 1. The van der Waals surface area contributed by atoms with Gasteiger partial charge in [-0.25, -0.2) is 0 Å². The molecule has 0 bridgehead atoms. The Kier molecular flexibility index (Phi) is 10.1. The number of hydrogen-bond acceptors (Lipinski definition) is 11. The second-order valence-corrected chi connectivity index (χ2v) is 14.7. The van der Waals surface area contributed by atoms with Crippen molar-refractivity contribution in [3.05, 3.63) is 91.8 Å². The zero-order valence-electron chi connectivity index (χ0n) is 29.5. The van der Waals surface area contributed by atoms with E-state index in [1.54, 1.807) is 35.6 Å². The first-order valence-corrected chi connectivity index (χ1v) is 18.5. The Morgan fingerprint density at radius 1 is 0.981 bits per heavy atom. The van der Waals surface area contributed by atoms with Gasteiger partial charge >= 0.3 is 0 Å². The zero-order valence-corrected chi connectivity index (χ0v) is 31.1. The number of amides is 6. The van der Waals surface area contributed by atoms with E-state index in [0.29, 0.717) is 28.8 Å². The van der Waals surface area contributed by atoms with E-state index in [2.05, 4.69) is 33.1 Å². The third-order valence-corrected chi connectivity index (χ3v) is 11.0. The van der Waals surface area contributed by atoms with Crippen molar-refractivity contribution in [3.8, 4) is 10.8 Å². The topological polar surface area (TPSA) is 194 Å². The number of aliphatic imine (C=N–C) groups is 1. The first-order valence-electron chi connectivity index (χ1n) is 17.3. The minimum absolute atomic E-state index is 0.0172. The maximum absolute atomic E-state index is 13.3. The molecular formula is C37H35ClN8O7S.